The summed E-state index contributed by atoms with van der Waals surface area (Å²) in [6.45, 7) is 7.62. The van der Waals surface area contributed by atoms with Gasteiger partial charge in [-0.1, -0.05) is 31.3 Å². The van der Waals surface area contributed by atoms with E-state index < -0.39 is 8.07 Å². The largest absolute Gasteiger partial charge is 0.0851 e. The molecular formula is C11H20Si. The third-order valence-electron chi connectivity index (χ3n) is 3.71. The highest BCUT2D eigenvalue weighted by molar-refractivity contribution is 6.77. The van der Waals surface area contributed by atoms with Crippen molar-refractivity contribution in [2.24, 2.45) is 5.92 Å². The lowest BCUT2D eigenvalue weighted by atomic mass is 9.77. The number of hydrogen-bond donors (Lipinski definition) is 0. The van der Waals surface area contributed by atoms with Crippen LogP contribution in [0.5, 0.6) is 0 Å². The molecule has 2 atom stereocenters. The van der Waals surface area contributed by atoms with Gasteiger partial charge in [-0.15, -0.1) is 0 Å². The lowest BCUT2D eigenvalue weighted by molar-refractivity contribution is 0.375. The Kier molecular flexibility index (Phi) is 1.94. The van der Waals surface area contributed by atoms with Gasteiger partial charge in [0.15, 0.2) is 0 Å². The summed E-state index contributed by atoms with van der Waals surface area (Å²) < 4.78 is 0. The second-order valence-corrected chi connectivity index (χ2v) is 11.0. The van der Waals surface area contributed by atoms with E-state index in [-0.39, 0.29) is 0 Å². The summed E-state index contributed by atoms with van der Waals surface area (Å²) in [5.74, 6) is 1.06. The van der Waals surface area contributed by atoms with E-state index >= 15 is 0 Å². The predicted octanol–water partition coefficient (Wildman–Crippen LogP) is 3.83. The zero-order valence-electron chi connectivity index (χ0n) is 8.56. The Morgan fingerprint density at radius 3 is 2.33 bits per heavy atom. The average molecular weight is 180 g/mol. The SMILES string of the molecule is C[Si](C)(C)C1CC2=CCC1CC2. The molecule has 0 saturated heterocycles. The lowest BCUT2D eigenvalue weighted by Crippen LogP contribution is -2.37. The Bertz CT molecular complexity index is 210. The van der Waals surface area contributed by atoms with E-state index in [1.165, 1.54) is 25.7 Å². The molecule has 3 rings (SSSR count). The van der Waals surface area contributed by atoms with E-state index in [2.05, 4.69) is 25.7 Å². The van der Waals surface area contributed by atoms with Crippen molar-refractivity contribution in [1.29, 1.82) is 0 Å². The van der Waals surface area contributed by atoms with Crippen LogP contribution in [0, 0.1) is 5.92 Å². The van der Waals surface area contributed by atoms with Crippen molar-refractivity contribution < 1.29 is 0 Å². The zero-order valence-corrected chi connectivity index (χ0v) is 9.56. The van der Waals surface area contributed by atoms with Gasteiger partial charge < -0.3 is 0 Å². The van der Waals surface area contributed by atoms with Gasteiger partial charge in [0, 0.05) is 8.07 Å². The molecule has 0 nitrogen and oxygen atoms in total. The van der Waals surface area contributed by atoms with Crippen LogP contribution in [0.4, 0.5) is 0 Å². The van der Waals surface area contributed by atoms with Gasteiger partial charge in [-0.3, -0.25) is 0 Å². The van der Waals surface area contributed by atoms with Crippen LogP contribution >= 0.6 is 0 Å². The monoisotopic (exact) mass is 180 g/mol. The maximum Gasteiger partial charge on any atom is 0.0479 e. The van der Waals surface area contributed by atoms with Crippen molar-refractivity contribution in [2.45, 2.75) is 50.9 Å². The van der Waals surface area contributed by atoms with Gasteiger partial charge >= 0.3 is 0 Å². The molecule has 1 fully saturated rings. The van der Waals surface area contributed by atoms with E-state index in [4.69, 9.17) is 0 Å². The number of rotatable bonds is 1. The molecule has 2 unspecified atom stereocenters. The molecule has 0 spiro atoms. The molecule has 0 aromatic rings. The standard InChI is InChI=1S/C11H20Si/c1-12(2,3)11-8-9-4-6-10(11)7-5-9/h4,10-11H,5-8H2,1-3H3. The first kappa shape index (κ1) is 8.55. The average Bonchev–Trinajstić information content (AvgIpc) is 2.05. The van der Waals surface area contributed by atoms with Crippen molar-refractivity contribution in [2.75, 3.05) is 0 Å². The number of fused-ring (bicyclic) bond motifs is 3. The van der Waals surface area contributed by atoms with Crippen LogP contribution in [-0.4, -0.2) is 8.07 Å². The molecule has 0 heterocycles. The summed E-state index contributed by atoms with van der Waals surface area (Å²) >= 11 is 0. The first-order chi connectivity index (χ1) is 5.57. The van der Waals surface area contributed by atoms with Crippen LogP contribution in [0.2, 0.25) is 25.2 Å². The number of hydrogen-bond acceptors (Lipinski definition) is 0. The van der Waals surface area contributed by atoms with Crippen molar-refractivity contribution in [1.82, 2.24) is 0 Å². The normalized spacial score (nSPS) is 35.1. The minimum Gasteiger partial charge on any atom is -0.0851 e. The first-order valence-electron chi connectivity index (χ1n) is 5.25. The second-order valence-electron chi connectivity index (χ2n) is 5.57. The van der Waals surface area contributed by atoms with E-state index in [9.17, 15) is 0 Å². The van der Waals surface area contributed by atoms with Crippen LogP contribution in [0.3, 0.4) is 0 Å². The van der Waals surface area contributed by atoms with Gasteiger partial charge in [0.2, 0.25) is 0 Å². The second kappa shape index (κ2) is 2.73. The highest BCUT2D eigenvalue weighted by atomic mass is 28.3. The third kappa shape index (κ3) is 1.39. The summed E-state index contributed by atoms with van der Waals surface area (Å²) in [7, 11) is -0.851. The van der Waals surface area contributed by atoms with Crippen molar-refractivity contribution in [3.05, 3.63) is 11.6 Å². The Morgan fingerprint density at radius 2 is 2.08 bits per heavy atom. The predicted molar refractivity (Wildman–Crippen MR) is 57.1 cm³/mol. The summed E-state index contributed by atoms with van der Waals surface area (Å²) in [5, 5.41) is 0. The molecule has 0 amide bonds. The highest BCUT2D eigenvalue weighted by Gasteiger charge is 2.38. The Labute approximate surface area is 77.1 Å². The maximum absolute atomic E-state index is 2.54. The molecule has 12 heavy (non-hydrogen) atoms. The quantitative estimate of drug-likeness (QED) is 0.425. The van der Waals surface area contributed by atoms with E-state index in [1.807, 2.05) is 0 Å². The molecule has 0 aromatic heterocycles. The number of allylic oxidation sites excluding steroid dienone is 2. The fourth-order valence-electron chi connectivity index (χ4n) is 2.92. The maximum atomic E-state index is 2.54. The molecular weight excluding hydrogens is 160 g/mol. The first-order valence-corrected chi connectivity index (χ1v) is 8.83. The van der Waals surface area contributed by atoms with Crippen molar-refractivity contribution in [3.8, 4) is 0 Å². The van der Waals surface area contributed by atoms with E-state index in [0.717, 1.165) is 11.5 Å². The molecule has 68 valence electrons. The Morgan fingerprint density at radius 1 is 1.33 bits per heavy atom. The molecule has 0 N–H and O–H groups in total. The Balaban J connectivity index is 2.17. The third-order valence-corrected chi connectivity index (χ3v) is 6.61. The molecule has 1 saturated carbocycles. The highest BCUT2D eigenvalue weighted by Crippen LogP contribution is 2.49. The molecule has 0 aliphatic heterocycles. The van der Waals surface area contributed by atoms with Gasteiger partial charge in [-0.25, -0.2) is 0 Å². The fraction of sp³-hybridized carbons (Fsp3) is 0.818. The van der Waals surface area contributed by atoms with Crippen LogP contribution in [-0.2, 0) is 0 Å². The van der Waals surface area contributed by atoms with Crippen LogP contribution in [0.1, 0.15) is 25.7 Å². The van der Waals surface area contributed by atoms with Gasteiger partial charge in [-0.2, -0.15) is 0 Å². The zero-order chi connectivity index (χ0) is 8.77. The van der Waals surface area contributed by atoms with Gasteiger partial charge in [0.1, 0.15) is 0 Å². The van der Waals surface area contributed by atoms with Crippen LogP contribution in [0.15, 0.2) is 11.6 Å². The van der Waals surface area contributed by atoms with Crippen LogP contribution < -0.4 is 0 Å². The minimum atomic E-state index is -0.851. The molecule has 3 aliphatic rings. The summed E-state index contributed by atoms with van der Waals surface area (Å²) in [5.41, 5.74) is 2.89. The minimum absolute atomic E-state index is 0.851. The summed E-state index contributed by atoms with van der Waals surface area (Å²) in [4.78, 5) is 0. The van der Waals surface area contributed by atoms with E-state index in [0.29, 0.717) is 0 Å². The molecule has 0 aromatic carbocycles. The molecule has 0 radical (unpaired) electrons. The van der Waals surface area contributed by atoms with Crippen LogP contribution in [0.25, 0.3) is 0 Å². The lowest BCUT2D eigenvalue weighted by Gasteiger charge is -2.43. The molecule has 1 heteroatoms. The van der Waals surface area contributed by atoms with Gasteiger partial charge in [0.25, 0.3) is 0 Å². The van der Waals surface area contributed by atoms with Crippen molar-refractivity contribution >= 4 is 8.07 Å². The molecule has 3 aliphatic carbocycles. The topological polar surface area (TPSA) is 0 Å². The molecule has 2 bridgehead atoms. The van der Waals surface area contributed by atoms with Gasteiger partial charge in [-0.05, 0) is 37.1 Å². The smallest absolute Gasteiger partial charge is 0.0479 e. The fourth-order valence-corrected chi connectivity index (χ4v) is 5.51. The van der Waals surface area contributed by atoms with E-state index in [1.54, 1.807) is 5.57 Å². The van der Waals surface area contributed by atoms with Gasteiger partial charge in [0.05, 0.1) is 0 Å². The Hall–Kier alpha value is -0.0431. The summed E-state index contributed by atoms with van der Waals surface area (Å²) in [6, 6.07) is 0. The van der Waals surface area contributed by atoms with Crippen molar-refractivity contribution in [3.63, 3.8) is 0 Å². The summed E-state index contributed by atoms with van der Waals surface area (Å²) in [6.07, 6.45) is 8.31.